The summed E-state index contributed by atoms with van der Waals surface area (Å²) in [5.41, 5.74) is 2.80. The molecule has 0 radical (unpaired) electrons. The molecule has 7 heteroatoms. The summed E-state index contributed by atoms with van der Waals surface area (Å²) < 4.78 is 5.53. The maximum Gasteiger partial charge on any atom is 0.225 e. The summed E-state index contributed by atoms with van der Waals surface area (Å²) in [6.07, 6.45) is 0.281. The number of rotatable bonds is 8. The van der Waals surface area contributed by atoms with Crippen LogP contribution in [-0.4, -0.2) is 23.3 Å². The number of halogens is 1. The predicted octanol–water partition coefficient (Wildman–Crippen LogP) is 5.79. The number of nitrogens with one attached hydrogen (secondary N) is 1. The third-order valence-electron chi connectivity index (χ3n) is 4.15. The summed E-state index contributed by atoms with van der Waals surface area (Å²) in [6, 6.07) is 20.4. The maximum absolute atomic E-state index is 12.4. The Balaban J connectivity index is 1.64. The number of hydrogen-bond donors (Lipinski definition) is 1. The monoisotopic (exact) mass is 437 g/mol. The molecule has 0 aliphatic carbocycles. The van der Waals surface area contributed by atoms with E-state index in [2.05, 4.69) is 16.4 Å². The largest absolute Gasteiger partial charge is 0.492 e. The van der Waals surface area contributed by atoms with E-state index in [1.807, 2.05) is 43.3 Å². The number of carbonyl (C=O) groups is 1. The Morgan fingerprint density at radius 3 is 2.67 bits per heavy atom. The highest BCUT2D eigenvalue weighted by atomic mass is 35.5. The van der Waals surface area contributed by atoms with Crippen LogP contribution in [0.25, 0.3) is 11.3 Å². The molecule has 1 N–H and O–H groups in total. The van der Waals surface area contributed by atoms with Gasteiger partial charge >= 0.3 is 0 Å². The lowest BCUT2D eigenvalue weighted by molar-refractivity contribution is -0.115. The van der Waals surface area contributed by atoms with E-state index in [1.54, 1.807) is 24.3 Å². The van der Waals surface area contributed by atoms with Crippen molar-refractivity contribution in [3.63, 3.8) is 0 Å². The first-order valence-corrected chi connectivity index (χ1v) is 10.8. The number of carbonyl (C=O) groups excluding carboxylic acids is 1. The molecule has 3 aromatic rings. The fraction of sp³-hybridized carbons (Fsp3) is 0.174. The minimum Gasteiger partial charge on any atom is -0.492 e. The van der Waals surface area contributed by atoms with Gasteiger partial charge in [-0.2, -0.15) is 5.26 Å². The number of pyridine rings is 1. The number of benzene rings is 2. The van der Waals surface area contributed by atoms with E-state index in [0.717, 1.165) is 11.3 Å². The Kier molecular flexibility index (Phi) is 7.72. The second-order valence-corrected chi connectivity index (χ2v) is 7.76. The molecule has 0 unspecified atom stereocenters. The Bertz CT molecular complexity index is 1060. The third-order valence-corrected chi connectivity index (χ3v) is 5.39. The minimum absolute atomic E-state index is 0.123. The molecule has 1 aromatic heterocycles. The summed E-state index contributed by atoms with van der Waals surface area (Å²) in [5, 5.41) is 13.5. The lowest BCUT2D eigenvalue weighted by atomic mass is 10.1. The molecule has 0 saturated carbocycles. The highest BCUT2D eigenvalue weighted by Crippen LogP contribution is 2.27. The highest BCUT2D eigenvalue weighted by Gasteiger charge is 2.11. The van der Waals surface area contributed by atoms with Crippen molar-refractivity contribution in [1.29, 1.82) is 5.26 Å². The molecule has 0 aliphatic rings. The number of ether oxygens (including phenoxy) is 1. The van der Waals surface area contributed by atoms with Gasteiger partial charge in [0, 0.05) is 22.8 Å². The van der Waals surface area contributed by atoms with E-state index in [9.17, 15) is 10.1 Å². The number of nitriles is 1. The first kappa shape index (κ1) is 21.7. The van der Waals surface area contributed by atoms with Crippen LogP contribution in [0.15, 0.2) is 65.7 Å². The van der Waals surface area contributed by atoms with Crippen molar-refractivity contribution in [2.45, 2.75) is 18.4 Å². The van der Waals surface area contributed by atoms with E-state index in [4.69, 9.17) is 16.3 Å². The van der Waals surface area contributed by atoms with E-state index >= 15 is 0 Å². The van der Waals surface area contributed by atoms with Crippen molar-refractivity contribution in [3.05, 3.63) is 71.2 Å². The number of amides is 1. The van der Waals surface area contributed by atoms with Crippen LogP contribution in [0.5, 0.6) is 5.75 Å². The summed E-state index contributed by atoms with van der Waals surface area (Å²) in [6.45, 7) is 2.42. The first-order chi connectivity index (χ1) is 14.6. The zero-order valence-electron chi connectivity index (χ0n) is 16.4. The topological polar surface area (TPSA) is 75.0 Å². The summed E-state index contributed by atoms with van der Waals surface area (Å²) in [5.74, 6) is 1.01. The average molecular weight is 438 g/mol. The second-order valence-electron chi connectivity index (χ2n) is 6.24. The van der Waals surface area contributed by atoms with Crippen LogP contribution in [-0.2, 0) is 4.79 Å². The molecule has 0 atom stereocenters. The van der Waals surface area contributed by atoms with Gasteiger partial charge in [-0.05, 0) is 43.3 Å². The van der Waals surface area contributed by atoms with Crippen molar-refractivity contribution in [1.82, 2.24) is 4.98 Å². The van der Waals surface area contributed by atoms with Gasteiger partial charge in [0.25, 0.3) is 0 Å². The molecular weight excluding hydrogens is 418 g/mol. The van der Waals surface area contributed by atoms with Crippen LogP contribution < -0.4 is 10.1 Å². The van der Waals surface area contributed by atoms with Gasteiger partial charge < -0.3 is 10.1 Å². The molecule has 5 nitrogen and oxygen atoms in total. The fourth-order valence-corrected chi connectivity index (χ4v) is 3.76. The van der Waals surface area contributed by atoms with Gasteiger partial charge in [-0.25, -0.2) is 4.98 Å². The number of hydrogen-bond acceptors (Lipinski definition) is 5. The van der Waals surface area contributed by atoms with Crippen molar-refractivity contribution in [2.24, 2.45) is 0 Å². The quantitative estimate of drug-likeness (QED) is 0.451. The molecule has 0 saturated heterocycles. The van der Waals surface area contributed by atoms with Crippen LogP contribution >= 0.6 is 23.4 Å². The molecule has 2 aromatic carbocycles. The van der Waals surface area contributed by atoms with Gasteiger partial charge in [-0.1, -0.05) is 35.9 Å². The van der Waals surface area contributed by atoms with Crippen LogP contribution in [0.2, 0.25) is 5.02 Å². The van der Waals surface area contributed by atoms with Crippen LogP contribution in [0.1, 0.15) is 18.9 Å². The third kappa shape index (κ3) is 5.76. The summed E-state index contributed by atoms with van der Waals surface area (Å²) in [4.78, 5) is 17.0. The number of aromatic nitrogens is 1. The molecule has 0 bridgehead atoms. The molecule has 30 heavy (non-hydrogen) atoms. The lowest BCUT2D eigenvalue weighted by Gasteiger charge is -2.11. The summed E-state index contributed by atoms with van der Waals surface area (Å²) >= 11 is 7.33. The SMILES string of the molecule is CCOc1ccccc1NC(=O)CCSc1nc(-c2ccc(Cl)cc2)ccc1C#N. The first-order valence-electron chi connectivity index (χ1n) is 9.42. The van der Waals surface area contributed by atoms with Crippen LogP contribution in [0.4, 0.5) is 5.69 Å². The van der Waals surface area contributed by atoms with Gasteiger partial charge in [0.05, 0.1) is 23.6 Å². The van der Waals surface area contributed by atoms with E-state index in [0.29, 0.717) is 39.4 Å². The average Bonchev–Trinajstić information content (AvgIpc) is 2.76. The van der Waals surface area contributed by atoms with E-state index in [-0.39, 0.29) is 12.3 Å². The van der Waals surface area contributed by atoms with Gasteiger partial charge in [-0.15, -0.1) is 11.8 Å². The van der Waals surface area contributed by atoms with Crippen molar-refractivity contribution in [3.8, 4) is 23.1 Å². The van der Waals surface area contributed by atoms with Gasteiger partial charge in [0.1, 0.15) is 16.8 Å². The standard InChI is InChI=1S/C23H20ClN3O2S/c1-2-29-21-6-4-3-5-20(21)26-22(28)13-14-30-23-17(15-25)9-12-19(27-23)16-7-10-18(24)11-8-16/h3-12H,2,13-14H2,1H3,(H,26,28). The van der Waals surface area contributed by atoms with Gasteiger partial charge in [0.15, 0.2) is 0 Å². The van der Waals surface area contributed by atoms with E-state index in [1.165, 1.54) is 11.8 Å². The number of thioether (sulfide) groups is 1. The number of para-hydroxylation sites is 2. The summed E-state index contributed by atoms with van der Waals surface area (Å²) in [7, 11) is 0. The highest BCUT2D eigenvalue weighted by molar-refractivity contribution is 7.99. The zero-order chi connectivity index (χ0) is 21.3. The Morgan fingerprint density at radius 2 is 1.93 bits per heavy atom. The Hall–Kier alpha value is -3.01. The van der Waals surface area contributed by atoms with Crippen LogP contribution in [0.3, 0.4) is 0 Å². The number of nitrogens with zero attached hydrogens (tertiary/aromatic N) is 2. The molecule has 3 rings (SSSR count). The minimum atomic E-state index is -0.123. The van der Waals surface area contributed by atoms with E-state index < -0.39 is 0 Å². The molecule has 1 amide bonds. The maximum atomic E-state index is 12.4. The second kappa shape index (κ2) is 10.7. The Morgan fingerprint density at radius 1 is 1.17 bits per heavy atom. The molecule has 152 valence electrons. The number of anilines is 1. The molecule has 0 aliphatic heterocycles. The Labute approximate surface area is 185 Å². The molecular formula is C23H20ClN3O2S. The normalized spacial score (nSPS) is 10.3. The molecule has 0 fully saturated rings. The van der Waals surface area contributed by atoms with Gasteiger partial charge in [-0.3, -0.25) is 4.79 Å². The van der Waals surface area contributed by atoms with Crippen LogP contribution in [0, 0.1) is 11.3 Å². The fourth-order valence-electron chi connectivity index (χ4n) is 2.72. The molecule has 1 heterocycles. The molecule has 0 spiro atoms. The van der Waals surface area contributed by atoms with Crippen molar-refractivity contribution in [2.75, 3.05) is 17.7 Å². The lowest BCUT2D eigenvalue weighted by Crippen LogP contribution is -2.13. The van der Waals surface area contributed by atoms with Crippen molar-refractivity contribution < 1.29 is 9.53 Å². The zero-order valence-corrected chi connectivity index (χ0v) is 18.0. The predicted molar refractivity (Wildman–Crippen MR) is 121 cm³/mol. The smallest absolute Gasteiger partial charge is 0.225 e. The van der Waals surface area contributed by atoms with Gasteiger partial charge in [0.2, 0.25) is 5.91 Å². The van der Waals surface area contributed by atoms with Crippen molar-refractivity contribution >= 4 is 35.0 Å².